The number of carbonyl (C=O) groups excluding carboxylic acids is 1. The van der Waals surface area contributed by atoms with Gasteiger partial charge in [-0.25, -0.2) is 4.79 Å². The minimum atomic E-state index is -0.462. The summed E-state index contributed by atoms with van der Waals surface area (Å²) in [7, 11) is 2.21. The number of nitrogens with zero attached hydrogens (tertiary/aromatic N) is 3. The number of aliphatic imine (C=N–C) groups is 1. The van der Waals surface area contributed by atoms with Crippen LogP contribution in [0.1, 0.15) is 59.8 Å². The van der Waals surface area contributed by atoms with Crippen molar-refractivity contribution in [1.82, 2.24) is 20.4 Å². The fourth-order valence-corrected chi connectivity index (χ4v) is 4.12. The lowest BCUT2D eigenvalue weighted by Crippen LogP contribution is -2.47. The Morgan fingerprint density at radius 1 is 1.13 bits per heavy atom. The summed E-state index contributed by atoms with van der Waals surface area (Å²) in [6.07, 6.45) is 5.30. The van der Waals surface area contributed by atoms with E-state index in [1.807, 2.05) is 20.8 Å². The molecule has 2 N–H and O–H groups in total. The van der Waals surface area contributed by atoms with Gasteiger partial charge in [-0.3, -0.25) is 4.99 Å². The lowest BCUT2D eigenvalue weighted by molar-refractivity contribution is 0.0170. The summed E-state index contributed by atoms with van der Waals surface area (Å²) in [6, 6.07) is 0. The Kier molecular flexibility index (Phi) is 10.9. The molecule has 2 heterocycles. The molecule has 0 saturated carbocycles. The van der Waals surface area contributed by atoms with Gasteiger partial charge in [0.1, 0.15) is 5.60 Å². The van der Waals surface area contributed by atoms with Gasteiger partial charge in [-0.15, -0.1) is 0 Å². The Morgan fingerprint density at radius 2 is 1.87 bits per heavy atom. The maximum absolute atomic E-state index is 11.6. The van der Waals surface area contributed by atoms with Crippen molar-refractivity contribution in [2.75, 3.05) is 59.5 Å². The molecule has 0 radical (unpaired) electrons. The summed E-state index contributed by atoms with van der Waals surface area (Å²) >= 11 is 0. The lowest BCUT2D eigenvalue weighted by atomic mass is 9.99. The number of guanidine groups is 1. The summed E-state index contributed by atoms with van der Waals surface area (Å²) in [5, 5.41) is 6.25. The Bertz CT molecular complexity index is 556. The molecule has 31 heavy (non-hydrogen) atoms. The zero-order valence-electron chi connectivity index (χ0n) is 20.4. The SMILES string of the molecule is CCNC(=NCC1CCCN(C)C1)N1CCC(OCCCNC(=O)OC(C)(C)C)CC1. The molecule has 2 fully saturated rings. The maximum Gasteiger partial charge on any atom is 0.407 e. The Hall–Kier alpha value is -1.54. The standard InChI is InChI=1S/C23H45N5O3/c1-6-24-21(26-17-19-9-7-13-27(5)18-19)28-14-10-20(11-15-28)30-16-8-12-25-22(29)31-23(2,3)4/h19-20H,6-18H2,1-5H3,(H,24,26)(H,25,29). The predicted molar refractivity (Wildman–Crippen MR) is 126 cm³/mol. The number of hydrogen-bond donors (Lipinski definition) is 2. The summed E-state index contributed by atoms with van der Waals surface area (Å²) in [5.74, 6) is 1.72. The van der Waals surface area contributed by atoms with Crippen LogP contribution >= 0.6 is 0 Å². The second-order valence-electron chi connectivity index (χ2n) is 9.80. The maximum atomic E-state index is 11.6. The van der Waals surface area contributed by atoms with E-state index >= 15 is 0 Å². The Balaban J connectivity index is 1.64. The molecule has 1 unspecified atom stereocenters. The first kappa shape index (κ1) is 25.7. The molecular formula is C23H45N5O3. The molecule has 2 rings (SSSR count). The molecule has 1 atom stereocenters. The van der Waals surface area contributed by atoms with Crippen molar-refractivity contribution in [3.63, 3.8) is 0 Å². The number of hydrogen-bond acceptors (Lipinski definition) is 5. The number of likely N-dealkylation sites (tertiary alicyclic amines) is 2. The van der Waals surface area contributed by atoms with Gasteiger partial charge in [0.25, 0.3) is 0 Å². The summed E-state index contributed by atoms with van der Waals surface area (Å²) < 4.78 is 11.3. The molecule has 0 aromatic rings. The van der Waals surface area contributed by atoms with Crippen molar-refractivity contribution in [3.05, 3.63) is 0 Å². The zero-order valence-corrected chi connectivity index (χ0v) is 20.4. The van der Waals surface area contributed by atoms with Crippen LogP contribution in [0.25, 0.3) is 0 Å². The van der Waals surface area contributed by atoms with Crippen molar-refractivity contribution >= 4 is 12.1 Å². The topological polar surface area (TPSA) is 78.4 Å². The van der Waals surface area contributed by atoms with Gasteiger partial charge in [-0.2, -0.15) is 0 Å². The van der Waals surface area contributed by atoms with Crippen LogP contribution in [0.3, 0.4) is 0 Å². The lowest BCUT2D eigenvalue weighted by Gasteiger charge is -2.35. The van der Waals surface area contributed by atoms with E-state index in [2.05, 4.69) is 34.4 Å². The normalized spacial score (nSPS) is 21.8. The minimum Gasteiger partial charge on any atom is -0.444 e. The van der Waals surface area contributed by atoms with Crippen molar-refractivity contribution in [2.24, 2.45) is 10.9 Å². The number of amides is 1. The molecule has 2 saturated heterocycles. The highest BCUT2D eigenvalue weighted by Crippen LogP contribution is 2.17. The molecule has 8 heteroatoms. The number of ether oxygens (including phenoxy) is 2. The number of nitrogens with one attached hydrogen (secondary N) is 2. The second kappa shape index (κ2) is 13.1. The molecule has 1 amide bonds. The van der Waals surface area contributed by atoms with Gasteiger partial charge in [0.05, 0.1) is 6.10 Å². The van der Waals surface area contributed by atoms with Crippen LogP contribution in [-0.4, -0.2) is 93.0 Å². The van der Waals surface area contributed by atoms with E-state index in [9.17, 15) is 4.79 Å². The molecular weight excluding hydrogens is 394 g/mol. The van der Waals surface area contributed by atoms with E-state index in [0.29, 0.717) is 19.1 Å². The first-order valence-electron chi connectivity index (χ1n) is 12.1. The van der Waals surface area contributed by atoms with Crippen LogP contribution in [-0.2, 0) is 9.47 Å². The fraction of sp³-hybridized carbons (Fsp3) is 0.913. The van der Waals surface area contributed by atoms with E-state index in [1.54, 1.807) is 0 Å². The molecule has 8 nitrogen and oxygen atoms in total. The van der Waals surface area contributed by atoms with Gasteiger partial charge in [-0.1, -0.05) is 0 Å². The Labute approximate surface area is 189 Å². The van der Waals surface area contributed by atoms with Crippen LogP contribution in [0.4, 0.5) is 4.79 Å². The number of carbonyl (C=O) groups is 1. The van der Waals surface area contributed by atoms with Gasteiger partial charge in [0.15, 0.2) is 5.96 Å². The third kappa shape index (κ3) is 10.5. The van der Waals surface area contributed by atoms with Crippen molar-refractivity contribution in [3.8, 4) is 0 Å². The molecule has 0 bridgehead atoms. The first-order chi connectivity index (χ1) is 14.8. The number of rotatable bonds is 8. The highest BCUT2D eigenvalue weighted by Gasteiger charge is 2.23. The minimum absolute atomic E-state index is 0.285. The highest BCUT2D eigenvalue weighted by molar-refractivity contribution is 5.80. The van der Waals surface area contributed by atoms with E-state index in [0.717, 1.165) is 57.9 Å². The van der Waals surface area contributed by atoms with Crippen LogP contribution in [0.2, 0.25) is 0 Å². The van der Waals surface area contributed by atoms with Crippen molar-refractivity contribution in [2.45, 2.75) is 71.5 Å². The summed E-state index contributed by atoms with van der Waals surface area (Å²) in [5.41, 5.74) is -0.462. The van der Waals surface area contributed by atoms with Gasteiger partial charge < -0.3 is 29.9 Å². The molecule has 0 aromatic heterocycles. The zero-order chi connectivity index (χ0) is 22.7. The van der Waals surface area contributed by atoms with Gasteiger partial charge >= 0.3 is 6.09 Å². The van der Waals surface area contributed by atoms with Crippen LogP contribution in [0, 0.1) is 5.92 Å². The summed E-state index contributed by atoms with van der Waals surface area (Å²) in [4.78, 5) is 21.4. The molecule has 180 valence electrons. The van der Waals surface area contributed by atoms with E-state index < -0.39 is 5.60 Å². The Morgan fingerprint density at radius 3 is 2.52 bits per heavy atom. The van der Waals surface area contributed by atoms with E-state index in [1.165, 1.54) is 19.4 Å². The number of piperidine rings is 2. The average molecular weight is 440 g/mol. The van der Waals surface area contributed by atoms with E-state index in [-0.39, 0.29) is 12.2 Å². The van der Waals surface area contributed by atoms with Crippen molar-refractivity contribution < 1.29 is 14.3 Å². The summed E-state index contributed by atoms with van der Waals surface area (Å²) in [6.45, 7) is 15.1. The van der Waals surface area contributed by atoms with Crippen LogP contribution < -0.4 is 10.6 Å². The largest absolute Gasteiger partial charge is 0.444 e. The third-order valence-electron chi connectivity index (χ3n) is 5.64. The van der Waals surface area contributed by atoms with E-state index in [4.69, 9.17) is 14.5 Å². The molecule has 2 aliphatic heterocycles. The average Bonchev–Trinajstić information content (AvgIpc) is 2.70. The van der Waals surface area contributed by atoms with Gasteiger partial charge in [0, 0.05) is 45.9 Å². The van der Waals surface area contributed by atoms with Crippen LogP contribution in [0.15, 0.2) is 4.99 Å². The first-order valence-corrected chi connectivity index (χ1v) is 12.1. The third-order valence-corrected chi connectivity index (χ3v) is 5.64. The molecule has 0 aliphatic carbocycles. The smallest absolute Gasteiger partial charge is 0.407 e. The monoisotopic (exact) mass is 439 g/mol. The van der Waals surface area contributed by atoms with Gasteiger partial charge in [0.2, 0.25) is 0 Å². The predicted octanol–water partition coefficient (Wildman–Crippen LogP) is 2.69. The van der Waals surface area contributed by atoms with Gasteiger partial charge in [-0.05, 0) is 79.3 Å². The quantitative estimate of drug-likeness (QED) is 0.344. The van der Waals surface area contributed by atoms with Crippen molar-refractivity contribution in [1.29, 1.82) is 0 Å². The van der Waals surface area contributed by atoms with Crippen LogP contribution in [0.5, 0.6) is 0 Å². The molecule has 0 aromatic carbocycles. The molecule has 2 aliphatic rings. The highest BCUT2D eigenvalue weighted by atomic mass is 16.6. The number of alkyl carbamates (subject to hydrolysis) is 1. The second-order valence-corrected chi connectivity index (χ2v) is 9.80. The fourth-order valence-electron chi connectivity index (χ4n) is 4.12. The molecule has 0 spiro atoms.